The third-order valence-electron chi connectivity index (χ3n) is 3.72. The third-order valence-corrected chi connectivity index (χ3v) is 4.41. The van der Waals surface area contributed by atoms with E-state index >= 15 is 0 Å². The lowest BCUT2D eigenvalue weighted by atomic mass is 10.2. The van der Waals surface area contributed by atoms with Gasteiger partial charge in [-0.05, 0) is 12.1 Å². The molecular weight excluding hydrogens is 314 g/mol. The standard InChI is InChI=1S/C15H15N5O2S/c21-14(12-9-20-15(18-12)23-10-16-20)17-11-3-1-2-4-13(11)19-5-7-22-8-6-19/h1-4,9-10H,5-8H2,(H,17,21). The Morgan fingerprint density at radius 1 is 1.26 bits per heavy atom. The average molecular weight is 329 g/mol. The number of anilines is 2. The molecule has 0 saturated carbocycles. The van der Waals surface area contributed by atoms with Crippen LogP contribution in [0.2, 0.25) is 0 Å². The molecule has 0 spiro atoms. The number of nitrogens with zero attached hydrogens (tertiary/aromatic N) is 4. The minimum absolute atomic E-state index is 0.233. The highest BCUT2D eigenvalue weighted by Crippen LogP contribution is 2.26. The second-order valence-corrected chi connectivity index (χ2v) is 5.97. The van der Waals surface area contributed by atoms with Crippen molar-refractivity contribution in [2.24, 2.45) is 0 Å². The average Bonchev–Trinajstić information content (AvgIpc) is 3.18. The Labute approximate surface area is 136 Å². The Kier molecular flexibility index (Phi) is 3.68. The number of carbonyl (C=O) groups excluding carboxylic acids is 1. The highest BCUT2D eigenvalue weighted by Gasteiger charge is 2.18. The normalized spacial score (nSPS) is 15.0. The highest BCUT2D eigenvalue weighted by atomic mass is 32.1. The van der Waals surface area contributed by atoms with Gasteiger partial charge < -0.3 is 15.0 Å². The smallest absolute Gasteiger partial charge is 0.276 e. The van der Waals surface area contributed by atoms with Crippen LogP contribution in [0.1, 0.15) is 10.5 Å². The molecule has 0 atom stereocenters. The van der Waals surface area contributed by atoms with Crippen LogP contribution >= 0.6 is 11.3 Å². The maximum atomic E-state index is 12.5. The fourth-order valence-electron chi connectivity index (χ4n) is 2.59. The molecule has 118 valence electrons. The van der Waals surface area contributed by atoms with Crippen molar-refractivity contribution >= 4 is 33.6 Å². The van der Waals surface area contributed by atoms with Crippen molar-refractivity contribution in [3.05, 3.63) is 41.7 Å². The van der Waals surface area contributed by atoms with Gasteiger partial charge in [-0.3, -0.25) is 4.79 Å². The van der Waals surface area contributed by atoms with Gasteiger partial charge in [-0.2, -0.15) is 5.10 Å². The third kappa shape index (κ3) is 2.78. The van der Waals surface area contributed by atoms with Crippen LogP contribution in [-0.2, 0) is 4.74 Å². The van der Waals surface area contributed by atoms with Crippen LogP contribution in [0.3, 0.4) is 0 Å². The molecule has 1 saturated heterocycles. The van der Waals surface area contributed by atoms with Gasteiger partial charge in [0.2, 0.25) is 4.96 Å². The van der Waals surface area contributed by atoms with Crippen molar-refractivity contribution < 1.29 is 9.53 Å². The lowest BCUT2D eigenvalue weighted by Crippen LogP contribution is -2.36. The van der Waals surface area contributed by atoms with Gasteiger partial charge in [0, 0.05) is 13.1 Å². The van der Waals surface area contributed by atoms with E-state index in [2.05, 4.69) is 20.3 Å². The number of imidazole rings is 1. The lowest BCUT2D eigenvalue weighted by molar-refractivity contribution is 0.102. The SMILES string of the molecule is O=C(Nc1ccccc1N1CCOCC1)c1cn2ncsc2n1. The van der Waals surface area contributed by atoms with E-state index in [1.54, 1.807) is 16.2 Å². The van der Waals surface area contributed by atoms with Crippen molar-refractivity contribution in [1.29, 1.82) is 0 Å². The molecule has 1 aromatic carbocycles. The molecule has 3 aromatic rings. The molecule has 1 fully saturated rings. The number of aromatic nitrogens is 3. The molecule has 4 rings (SSSR count). The first-order valence-corrected chi connectivity index (χ1v) is 8.21. The molecule has 0 aliphatic carbocycles. The maximum Gasteiger partial charge on any atom is 0.276 e. The first kappa shape index (κ1) is 14.2. The molecule has 1 aliphatic rings. The predicted octanol–water partition coefficient (Wildman–Crippen LogP) is 1.88. The monoisotopic (exact) mass is 329 g/mol. The summed E-state index contributed by atoms with van der Waals surface area (Å²) >= 11 is 1.40. The van der Waals surface area contributed by atoms with Crippen LogP contribution in [-0.4, -0.2) is 46.8 Å². The number of morpholine rings is 1. The summed E-state index contributed by atoms with van der Waals surface area (Å²) in [6.45, 7) is 3.03. The second-order valence-electron chi connectivity index (χ2n) is 5.16. The minimum atomic E-state index is -0.233. The van der Waals surface area contributed by atoms with E-state index in [0.717, 1.165) is 24.5 Å². The maximum absolute atomic E-state index is 12.5. The number of rotatable bonds is 3. The van der Waals surface area contributed by atoms with E-state index in [1.807, 2.05) is 24.3 Å². The summed E-state index contributed by atoms with van der Waals surface area (Å²) in [5.41, 5.74) is 3.84. The molecule has 2 aromatic heterocycles. The predicted molar refractivity (Wildman–Crippen MR) is 88.3 cm³/mol. The number of ether oxygens (including phenoxy) is 1. The summed E-state index contributed by atoms with van der Waals surface area (Å²) in [5, 5.41) is 7.04. The van der Waals surface area contributed by atoms with Gasteiger partial charge >= 0.3 is 0 Å². The molecule has 0 radical (unpaired) electrons. The minimum Gasteiger partial charge on any atom is -0.378 e. The zero-order valence-electron chi connectivity index (χ0n) is 12.3. The number of nitrogens with one attached hydrogen (secondary N) is 1. The number of fused-ring (bicyclic) bond motifs is 1. The van der Waals surface area contributed by atoms with Crippen molar-refractivity contribution in [2.75, 3.05) is 36.5 Å². The van der Waals surface area contributed by atoms with E-state index in [4.69, 9.17) is 4.74 Å². The molecule has 1 amide bonds. The van der Waals surface area contributed by atoms with Crippen LogP contribution in [0.4, 0.5) is 11.4 Å². The van der Waals surface area contributed by atoms with Crippen LogP contribution in [0.5, 0.6) is 0 Å². The van der Waals surface area contributed by atoms with Gasteiger partial charge in [-0.15, -0.1) is 0 Å². The zero-order valence-corrected chi connectivity index (χ0v) is 13.1. The van der Waals surface area contributed by atoms with Crippen LogP contribution < -0.4 is 10.2 Å². The number of para-hydroxylation sites is 2. The van der Waals surface area contributed by atoms with Crippen molar-refractivity contribution in [3.63, 3.8) is 0 Å². The molecule has 0 unspecified atom stereocenters. The van der Waals surface area contributed by atoms with Gasteiger partial charge in [0.1, 0.15) is 11.2 Å². The Morgan fingerprint density at radius 3 is 2.91 bits per heavy atom. The Morgan fingerprint density at radius 2 is 2.09 bits per heavy atom. The summed E-state index contributed by atoms with van der Waals surface area (Å²) in [6, 6.07) is 7.79. The molecule has 1 N–H and O–H groups in total. The summed E-state index contributed by atoms with van der Waals surface area (Å²) in [6.07, 6.45) is 1.64. The molecule has 0 bridgehead atoms. The van der Waals surface area contributed by atoms with Crippen LogP contribution in [0, 0.1) is 0 Å². The summed E-state index contributed by atoms with van der Waals surface area (Å²) in [7, 11) is 0. The molecule has 7 nitrogen and oxygen atoms in total. The molecule has 23 heavy (non-hydrogen) atoms. The summed E-state index contributed by atoms with van der Waals surface area (Å²) in [5.74, 6) is -0.233. The van der Waals surface area contributed by atoms with Gasteiger partial charge in [-0.1, -0.05) is 23.5 Å². The van der Waals surface area contributed by atoms with Crippen molar-refractivity contribution in [3.8, 4) is 0 Å². The van der Waals surface area contributed by atoms with Gasteiger partial charge in [0.15, 0.2) is 0 Å². The summed E-state index contributed by atoms with van der Waals surface area (Å²) < 4.78 is 6.99. The largest absolute Gasteiger partial charge is 0.378 e. The second kappa shape index (κ2) is 5.98. The zero-order chi connectivity index (χ0) is 15.6. The van der Waals surface area contributed by atoms with Gasteiger partial charge in [0.05, 0.1) is 30.8 Å². The van der Waals surface area contributed by atoms with E-state index in [0.29, 0.717) is 23.9 Å². The van der Waals surface area contributed by atoms with Crippen LogP contribution in [0.15, 0.2) is 36.0 Å². The van der Waals surface area contributed by atoms with E-state index in [9.17, 15) is 4.79 Å². The number of benzene rings is 1. The summed E-state index contributed by atoms with van der Waals surface area (Å²) in [4.78, 5) is 19.7. The number of hydrogen-bond acceptors (Lipinski definition) is 6. The highest BCUT2D eigenvalue weighted by molar-refractivity contribution is 7.14. The number of carbonyl (C=O) groups is 1. The Bertz CT molecular complexity index is 809. The first-order chi connectivity index (χ1) is 11.3. The first-order valence-electron chi connectivity index (χ1n) is 7.33. The van der Waals surface area contributed by atoms with Gasteiger partial charge in [0.25, 0.3) is 5.91 Å². The Balaban J connectivity index is 1.58. The van der Waals surface area contributed by atoms with E-state index in [-0.39, 0.29) is 5.91 Å². The molecule has 1 aliphatic heterocycles. The molecule has 8 heteroatoms. The fraction of sp³-hybridized carbons (Fsp3) is 0.267. The topological polar surface area (TPSA) is 71.8 Å². The number of amides is 1. The van der Waals surface area contributed by atoms with Crippen molar-refractivity contribution in [1.82, 2.24) is 14.6 Å². The van der Waals surface area contributed by atoms with E-state index in [1.165, 1.54) is 11.3 Å². The Hall–Kier alpha value is -2.45. The lowest BCUT2D eigenvalue weighted by Gasteiger charge is -2.30. The molecular formula is C15H15N5O2S. The molecule has 3 heterocycles. The fourth-order valence-corrected chi connectivity index (χ4v) is 3.20. The quantitative estimate of drug-likeness (QED) is 0.794. The number of hydrogen-bond donors (Lipinski definition) is 1. The van der Waals surface area contributed by atoms with Crippen molar-refractivity contribution in [2.45, 2.75) is 0 Å². The van der Waals surface area contributed by atoms with E-state index < -0.39 is 0 Å². The van der Waals surface area contributed by atoms with Crippen LogP contribution in [0.25, 0.3) is 4.96 Å². The van der Waals surface area contributed by atoms with Gasteiger partial charge in [-0.25, -0.2) is 9.50 Å².